The van der Waals surface area contributed by atoms with Crippen molar-refractivity contribution in [3.8, 4) is 0 Å². The number of hydrogen-bond donors (Lipinski definition) is 2. The molecule has 1 heterocycles. The zero-order chi connectivity index (χ0) is 14.6. The summed E-state index contributed by atoms with van der Waals surface area (Å²) in [6, 6.07) is 0.452. The van der Waals surface area contributed by atoms with Crippen molar-refractivity contribution in [2.24, 2.45) is 16.3 Å². The molecule has 1 saturated heterocycles. The highest BCUT2D eigenvalue weighted by atomic mass is 16.5. The number of rotatable bonds is 6. The van der Waals surface area contributed by atoms with E-state index in [1.807, 2.05) is 14.0 Å². The Morgan fingerprint density at radius 1 is 1.45 bits per heavy atom. The highest BCUT2D eigenvalue weighted by Crippen LogP contribution is 2.51. The van der Waals surface area contributed by atoms with E-state index in [2.05, 4.69) is 29.5 Å². The van der Waals surface area contributed by atoms with Crippen LogP contribution in [0, 0.1) is 11.3 Å². The maximum Gasteiger partial charge on any atom is 0.191 e. The van der Waals surface area contributed by atoms with Crippen LogP contribution in [0.1, 0.15) is 33.6 Å². The van der Waals surface area contributed by atoms with Crippen molar-refractivity contribution in [2.45, 2.75) is 45.8 Å². The molecule has 116 valence electrons. The van der Waals surface area contributed by atoms with Gasteiger partial charge in [-0.1, -0.05) is 13.8 Å². The van der Waals surface area contributed by atoms with Gasteiger partial charge in [0.05, 0.1) is 6.10 Å². The molecule has 1 aliphatic heterocycles. The van der Waals surface area contributed by atoms with Gasteiger partial charge >= 0.3 is 0 Å². The van der Waals surface area contributed by atoms with E-state index < -0.39 is 0 Å². The van der Waals surface area contributed by atoms with Crippen LogP contribution in [0.2, 0.25) is 0 Å². The number of nitrogens with one attached hydrogen (secondary N) is 2. The zero-order valence-electron chi connectivity index (χ0n) is 13.2. The Bertz CT molecular complexity index is 344. The van der Waals surface area contributed by atoms with Crippen molar-refractivity contribution >= 4 is 5.96 Å². The van der Waals surface area contributed by atoms with E-state index >= 15 is 0 Å². The molecule has 5 heteroatoms. The van der Waals surface area contributed by atoms with Gasteiger partial charge in [0.15, 0.2) is 5.96 Å². The average Bonchev–Trinajstić information content (AvgIpc) is 2.88. The maximum absolute atomic E-state index is 5.82. The maximum atomic E-state index is 5.82. The summed E-state index contributed by atoms with van der Waals surface area (Å²) < 4.78 is 11.2. The first-order valence-electron chi connectivity index (χ1n) is 7.77. The highest BCUT2D eigenvalue weighted by molar-refractivity contribution is 5.80. The van der Waals surface area contributed by atoms with Crippen LogP contribution in [-0.2, 0) is 9.47 Å². The lowest BCUT2D eigenvalue weighted by atomic mass is 9.57. The molecule has 2 N–H and O–H groups in total. The molecular formula is C15H29N3O2. The minimum atomic E-state index is 0.185. The molecule has 0 aromatic heterocycles. The van der Waals surface area contributed by atoms with Gasteiger partial charge in [0.1, 0.15) is 0 Å². The molecule has 3 atom stereocenters. The van der Waals surface area contributed by atoms with Gasteiger partial charge in [-0.3, -0.25) is 4.99 Å². The first-order chi connectivity index (χ1) is 9.61. The number of ether oxygens (including phenoxy) is 2. The van der Waals surface area contributed by atoms with Gasteiger partial charge < -0.3 is 20.1 Å². The topological polar surface area (TPSA) is 54.9 Å². The van der Waals surface area contributed by atoms with E-state index in [9.17, 15) is 0 Å². The minimum Gasteiger partial charge on any atom is -0.382 e. The summed E-state index contributed by atoms with van der Waals surface area (Å²) in [6.45, 7) is 9.95. The summed E-state index contributed by atoms with van der Waals surface area (Å²) in [4.78, 5) is 4.32. The van der Waals surface area contributed by atoms with Gasteiger partial charge in [-0.25, -0.2) is 0 Å². The van der Waals surface area contributed by atoms with E-state index in [-0.39, 0.29) is 5.41 Å². The number of guanidine groups is 1. The van der Waals surface area contributed by atoms with Gasteiger partial charge in [0.2, 0.25) is 0 Å². The highest BCUT2D eigenvalue weighted by Gasteiger charge is 2.59. The third-order valence-electron chi connectivity index (χ3n) is 4.58. The predicted molar refractivity (Wildman–Crippen MR) is 81.0 cm³/mol. The summed E-state index contributed by atoms with van der Waals surface area (Å²) in [5, 5.41) is 6.94. The van der Waals surface area contributed by atoms with E-state index in [4.69, 9.17) is 9.47 Å². The summed E-state index contributed by atoms with van der Waals surface area (Å²) in [6.07, 6.45) is 2.57. The van der Waals surface area contributed by atoms with Crippen molar-refractivity contribution in [2.75, 3.05) is 33.4 Å². The first-order valence-corrected chi connectivity index (χ1v) is 7.77. The molecule has 5 nitrogen and oxygen atoms in total. The van der Waals surface area contributed by atoms with E-state index in [0.717, 1.165) is 45.2 Å². The lowest BCUT2D eigenvalue weighted by molar-refractivity contribution is -0.106. The standard InChI is InChI=1S/C15H29N3O2/c1-5-19-9-6-8-17-14(16-4)18-12-11-7-10-20-13(11)15(12,2)3/h11-13H,5-10H2,1-4H3,(H2,16,17,18). The molecule has 0 radical (unpaired) electrons. The summed E-state index contributed by atoms with van der Waals surface area (Å²) in [5.41, 5.74) is 0.185. The van der Waals surface area contributed by atoms with Crippen LogP contribution in [-0.4, -0.2) is 51.5 Å². The Labute approximate surface area is 122 Å². The van der Waals surface area contributed by atoms with Crippen LogP contribution >= 0.6 is 0 Å². The minimum absolute atomic E-state index is 0.185. The molecule has 1 aliphatic carbocycles. The second-order valence-electron chi connectivity index (χ2n) is 6.24. The largest absolute Gasteiger partial charge is 0.382 e. The number of nitrogens with zero attached hydrogens (tertiary/aromatic N) is 1. The van der Waals surface area contributed by atoms with Gasteiger partial charge in [-0.15, -0.1) is 0 Å². The number of aliphatic imine (C=N–C) groups is 1. The summed E-state index contributed by atoms with van der Waals surface area (Å²) in [7, 11) is 1.83. The Balaban J connectivity index is 1.76. The second kappa shape index (κ2) is 6.76. The van der Waals surface area contributed by atoms with Crippen LogP contribution in [0.15, 0.2) is 4.99 Å². The molecule has 0 bridgehead atoms. The van der Waals surface area contributed by atoms with Crippen molar-refractivity contribution in [3.05, 3.63) is 0 Å². The molecule has 2 rings (SSSR count). The Morgan fingerprint density at radius 3 is 2.95 bits per heavy atom. The number of fused-ring (bicyclic) bond motifs is 1. The van der Waals surface area contributed by atoms with Crippen LogP contribution in [0.4, 0.5) is 0 Å². The molecule has 1 saturated carbocycles. The monoisotopic (exact) mass is 283 g/mol. The van der Waals surface area contributed by atoms with Crippen molar-refractivity contribution < 1.29 is 9.47 Å². The summed E-state index contributed by atoms with van der Waals surface area (Å²) in [5.74, 6) is 1.52. The van der Waals surface area contributed by atoms with E-state index in [1.165, 1.54) is 0 Å². The smallest absolute Gasteiger partial charge is 0.191 e. The molecule has 0 aromatic rings. The molecule has 0 amide bonds. The zero-order valence-corrected chi connectivity index (χ0v) is 13.2. The molecular weight excluding hydrogens is 254 g/mol. The van der Waals surface area contributed by atoms with Crippen LogP contribution in [0.3, 0.4) is 0 Å². The Hall–Kier alpha value is -0.810. The van der Waals surface area contributed by atoms with Crippen LogP contribution in [0.5, 0.6) is 0 Å². The fourth-order valence-corrected chi connectivity index (χ4v) is 3.48. The molecule has 2 fully saturated rings. The molecule has 3 unspecified atom stereocenters. The quantitative estimate of drug-likeness (QED) is 0.439. The SMILES string of the molecule is CCOCCCNC(=NC)NC1C2CCOC2C1(C)C. The third kappa shape index (κ3) is 3.09. The molecule has 0 aromatic carbocycles. The lowest BCUT2D eigenvalue weighted by Gasteiger charge is -2.54. The lowest BCUT2D eigenvalue weighted by Crippen LogP contribution is -2.68. The van der Waals surface area contributed by atoms with Crippen molar-refractivity contribution in [1.82, 2.24) is 10.6 Å². The van der Waals surface area contributed by atoms with Crippen LogP contribution in [0.25, 0.3) is 0 Å². The fourth-order valence-electron chi connectivity index (χ4n) is 3.48. The van der Waals surface area contributed by atoms with E-state index in [1.54, 1.807) is 0 Å². The Morgan fingerprint density at radius 2 is 2.25 bits per heavy atom. The van der Waals surface area contributed by atoms with Gasteiger partial charge in [0.25, 0.3) is 0 Å². The van der Waals surface area contributed by atoms with Gasteiger partial charge in [0, 0.05) is 50.8 Å². The summed E-state index contributed by atoms with van der Waals surface area (Å²) >= 11 is 0. The van der Waals surface area contributed by atoms with E-state index in [0.29, 0.717) is 18.1 Å². The van der Waals surface area contributed by atoms with Crippen molar-refractivity contribution in [1.29, 1.82) is 0 Å². The third-order valence-corrected chi connectivity index (χ3v) is 4.58. The second-order valence-corrected chi connectivity index (χ2v) is 6.24. The van der Waals surface area contributed by atoms with Gasteiger partial charge in [-0.2, -0.15) is 0 Å². The molecule has 20 heavy (non-hydrogen) atoms. The average molecular weight is 283 g/mol. The molecule has 2 aliphatic rings. The number of hydrogen-bond acceptors (Lipinski definition) is 3. The van der Waals surface area contributed by atoms with Crippen molar-refractivity contribution in [3.63, 3.8) is 0 Å². The fraction of sp³-hybridized carbons (Fsp3) is 0.933. The predicted octanol–water partition coefficient (Wildman–Crippen LogP) is 1.39. The normalized spacial score (nSPS) is 31.6. The van der Waals surface area contributed by atoms with Crippen LogP contribution < -0.4 is 10.6 Å². The Kier molecular flexibility index (Phi) is 5.27. The molecule has 0 spiro atoms. The van der Waals surface area contributed by atoms with Gasteiger partial charge in [-0.05, 0) is 19.8 Å². The first kappa shape index (κ1) is 15.6.